The minimum atomic E-state index is 0.796. The van der Waals surface area contributed by atoms with Gasteiger partial charge in [0.1, 0.15) is 5.01 Å². The number of benzene rings is 1. The highest BCUT2D eigenvalue weighted by molar-refractivity contribution is 7.09. The molecule has 0 spiro atoms. The van der Waals surface area contributed by atoms with E-state index in [1.807, 2.05) is 6.92 Å². The highest BCUT2D eigenvalue weighted by Gasteiger charge is 2.00. The third-order valence-corrected chi connectivity index (χ3v) is 3.50. The van der Waals surface area contributed by atoms with Gasteiger partial charge in [-0.3, -0.25) is 0 Å². The topological polar surface area (TPSA) is 28.2 Å². The number of anilines is 1. The van der Waals surface area contributed by atoms with Crippen molar-refractivity contribution in [3.63, 3.8) is 0 Å². The molecule has 0 unspecified atom stereocenters. The summed E-state index contributed by atoms with van der Waals surface area (Å²) in [5.74, 6) is 0. The first-order chi connectivity index (χ1) is 8.63. The molecule has 1 heterocycles. The van der Waals surface area contributed by atoms with Gasteiger partial charge in [-0.25, -0.2) is 4.98 Å². The Balaban J connectivity index is 1.96. The second kappa shape index (κ2) is 5.98. The van der Waals surface area contributed by atoms with Gasteiger partial charge in [0, 0.05) is 23.3 Å². The molecule has 0 saturated heterocycles. The van der Waals surface area contributed by atoms with Crippen molar-refractivity contribution < 1.29 is 0 Å². The maximum atomic E-state index is 4.44. The van der Waals surface area contributed by atoms with Gasteiger partial charge in [-0.1, -0.05) is 12.1 Å². The van der Waals surface area contributed by atoms with Gasteiger partial charge < -0.3 is 10.2 Å². The summed E-state index contributed by atoms with van der Waals surface area (Å²) in [6.45, 7) is 3.79. The van der Waals surface area contributed by atoms with E-state index in [1.54, 1.807) is 11.3 Å². The second-order valence-electron chi connectivity index (χ2n) is 4.67. The quantitative estimate of drug-likeness (QED) is 0.896. The molecule has 0 atom stereocenters. The van der Waals surface area contributed by atoms with E-state index in [2.05, 4.69) is 58.9 Å². The average Bonchev–Trinajstić information content (AvgIpc) is 2.72. The lowest BCUT2D eigenvalue weighted by Crippen LogP contribution is -2.10. The molecule has 4 heteroatoms. The fourth-order valence-electron chi connectivity index (χ4n) is 1.81. The van der Waals surface area contributed by atoms with Gasteiger partial charge in [-0.2, -0.15) is 0 Å². The highest BCUT2D eigenvalue weighted by atomic mass is 32.1. The Kier molecular flexibility index (Phi) is 4.33. The number of hydrogen-bond acceptors (Lipinski definition) is 4. The zero-order valence-electron chi connectivity index (χ0n) is 11.1. The van der Waals surface area contributed by atoms with Gasteiger partial charge in [0.25, 0.3) is 0 Å². The maximum Gasteiger partial charge on any atom is 0.112 e. The smallest absolute Gasteiger partial charge is 0.112 e. The van der Waals surface area contributed by atoms with E-state index in [4.69, 9.17) is 0 Å². The van der Waals surface area contributed by atoms with Crippen LogP contribution in [0.5, 0.6) is 0 Å². The standard InChI is InChI=1S/C14H19N3S/c1-11-10-18-14(16-11)8-15-13-6-4-5-12(7-13)9-17(2)3/h4-7,10,15H,8-9H2,1-3H3. The number of hydrogen-bond donors (Lipinski definition) is 1. The molecule has 0 radical (unpaired) electrons. The minimum Gasteiger partial charge on any atom is -0.379 e. The van der Waals surface area contributed by atoms with Crippen molar-refractivity contribution in [3.8, 4) is 0 Å². The Morgan fingerprint density at radius 1 is 1.33 bits per heavy atom. The van der Waals surface area contributed by atoms with E-state index in [-0.39, 0.29) is 0 Å². The third kappa shape index (κ3) is 3.82. The molecule has 0 bridgehead atoms. The molecular weight excluding hydrogens is 242 g/mol. The average molecular weight is 261 g/mol. The van der Waals surface area contributed by atoms with E-state index in [0.29, 0.717) is 0 Å². The molecule has 2 aromatic rings. The number of thiazole rings is 1. The van der Waals surface area contributed by atoms with Crippen LogP contribution in [0, 0.1) is 6.92 Å². The van der Waals surface area contributed by atoms with Crippen molar-refractivity contribution in [1.29, 1.82) is 0 Å². The number of aryl methyl sites for hydroxylation is 1. The predicted molar refractivity (Wildman–Crippen MR) is 78.0 cm³/mol. The largest absolute Gasteiger partial charge is 0.379 e. The summed E-state index contributed by atoms with van der Waals surface area (Å²) in [6, 6.07) is 8.53. The Hall–Kier alpha value is -1.39. The molecule has 18 heavy (non-hydrogen) atoms. The molecule has 2 rings (SSSR count). The van der Waals surface area contributed by atoms with Gasteiger partial charge in [-0.15, -0.1) is 11.3 Å². The van der Waals surface area contributed by atoms with E-state index < -0.39 is 0 Å². The van der Waals surface area contributed by atoms with Crippen molar-refractivity contribution in [2.45, 2.75) is 20.0 Å². The molecule has 0 saturated carbocycles. The molecule has 0 aliphatic heterocycles. The lowest BCUT2D eigenvalue weighted by atomic mass is 10.2. The van der Waals surface area contributed by atoms with Gasteiger partial charge in [0.2, 0.25) is 0 Å². The first kappa shape index (κ1) is 13.1. The van der Waals surface area contributed by atoms with Crippen molar-refractivity contribution in [1.82, 2.24) is 9.88 Å². The number of nitrogens with one attached hydrogen (secondary N) is 1. The van der Waals surface area contributed by atoms with Gasteiger partial charge >= 0.3 is 0 Å². The monoisotopic (exact) mass is 261 g/mol. The van der Waals surface area contributed by atoms with Crippen LogP contribution in [-0.4, -0.2) is 24.0 Å². The van der Waals surface area contributed by atoms with Crippen molar-refractivity contribution in [3.05, 3.63) is 45.9 Å². The molecule has 1 aromatic heterocycles. The molecule has 1 aromatic carbocycles. The summed E-state index contributed by atoms with van der Waals surface area (Å²) < 4.78 is 0. The van der Waals surface area contributed by atoms with Crippen LogP contribution in [-0.2, 0) is 13.1 Å². The molecule has 0 fully saturated rings. The van der Waals surface area contributed by atoms with Crippen LogP contribution >= 0.6 is 11.3 Å². The maximum absolute atomic E-state index is 4.44. The fourth-order valence-corrected chi connectivity index (χ4v) is 2.52. The number of rotatable bonds is 5. The molecule has 0 amide bonds. The second-order valence-corrected chi connectivity index (χ2v) is 5.62. The van der Waals surface area contributed by atoms with Crippen LogP contribution in [0.1, 0.15) is 16.3 Å². The Morgan fingerprint density at radius 3 is 2.83 bits per heavy atom. The minimum absolute atomic E-state index is 0.796. The summed E-state index contributed by atoms with van der Waals surface area (Å²) in [7, 11) is 4.16. The summed E-state index contributed by atoms with van der Waals surface area (Å²) >= 11 is 1.70. The Bertz CT molecular complexity index is 505. The molecule has 0 aliphatic rings. The molecule has 3 nitrogen and oxygen atoms in total. The number of nitrogens with zero attached hydrogens (tertiary/aromatic N) is 2. The SMILES string of the molecule is Cc1csc(CNc2cccc(CN(C)C)c2)n1. The van der Waals surface area contributed by atoms with Crippen LogP contribution in [0.3, 0.4) is 0 Å². The van der Waals surface area contributed by atoms with E-state index in [1.165, 1.54) is 5.56 Å². The number of aromatic nitrogens is 1. The first-order valence-corrected chi connectivity index (χ1v) is 6.90. The Labute approximate surface area is 112 Å². The normalized spacial score (nSPS) is 10.9. The van der Waals surface area contributed by atoms with Crippen molar-refractivity contribution >= 4 is 17.0 Å². The highest BCUT2D eigenvalue weighted by Crippen LogP contribution is 2.15. The van der Waals surface area contributed by atoms with Crippen LogP contribution < -0.4 is 5.32 Å². The van der Waals surface area contributed by atoms with Crippen molar-refractivity contribution in [2.75, 3.05) is 19.4 Å². The van der Waals surface area contributed by atoms with E-state index in [9.17, 15) is 0 Å². The Morgan fingerprint density at radius 2 is 2.17 bits per heavy atom. The van der Waals surface area contributed by atoms with Crippen LogP contribution in [0.25, 0.3) is 0 Å². The fraction of sp³-hybridized carbons (Fsp3) is 0.357. The summed E-state index contributed by atoms with van der Waals surface area (Å²) in [5.41, 5.74) is 3.57. The molecule has 96 valence electrons. The van der Waals surface area contributed by atoms with Gasteiger partial charge in [0.05, 0.1) is 6.54 Å². The lowest BCUT2D eigenvalue weighted by molar-refractivity contribution is 0.402. The van der Waals surface area contributed by atoms with E-state index in [0.717, 1.165) is 29.5 Å². The first-order valence-electron chi connectivity index (χ1n) is 6.02. The predicted octanol–water partition coefficient (Wildman–Crippen LogP) is 3.13. The van der Waals surface area contributed by atoms with Crippen LogP contribution in [0.2, 0.25) is 0 Å². The zero-order chi connectivity index (χ0) is 13.0. The van der Waals surface area contributed by atoms with Crippen LogP contribution in [0.15, 0.2) is 29.6 Å². The summed E-state index contributed by atoms with van der Waals surface area (Å²) in [6.07, 6.45) is 0. The molecule has 1 N–H and O–H groups in total. The summed E-state index contributed by atoms with van der Waals surface area (Å²) in [4.78, 5) is 6.61. The molecule has 0 aliphatic carbocycles. The van der Waals surface area contributed by atoms with Crippen LogP contribution in [0.4, 0.5) is 5.69 Å². The molecular formula is C14H19N3S. The van der Waals surface area contributed by atoms with Gasteiger partial charge in [0.15, 0.2) is 0 Å². The van der Waals surface area contributed by atoms with E-state index >= 15 is 0 Å². The van der Waals surface area contributed by atoms with Gasteiger partial charge in [-0.05, 0) is 38.7 Å². The lowest BCUT2D eigenvalue weighted by Gasteiger charge is -2.11. The van der Waals surface area contributed by atoms with Crippen molar-refractivity contribution in [2.24, 2.45) is 0 Å². The third-order valence-electron chi connectivity index (χ3n) is 2.54. The summed E-state index contributed by atoms with van der Waals surface area (Å²) in [5, 5.41) is 6.63. The zero-order valence-corrected chi connectivity index (χ0v) is 11.9.